The molecule has 0 fully saturated rings. The number of benzene rings is 3. The van der Waals surface area contributed by atoms with Crippen LogP contribution in [0, 0.1) is 0 Å². The van der Waals surface area contributed by atoms with E-state index in [0.29, 0.717) is 5.69 Å². The van der Waals surface area contributed by atoms with E-state index in [9.17, 15) is 8.42 Å². The second-order valence-corrected chi connectivity index (χ2v) is 8.03. The summed E-state index contributed by atoms with van der Waals surface area (Å²) in [5, 5.41) is 0. The molecule has 0 saturated heterocycles. The molecule has 1 aliphatic heterocycles. The highest BCUT2D eigenvalue weighted by Crippen LogP contribution is 2.33. The van der Waals surface area contributed by atoms with Gasteiger partial charge in [0.1, 0.15) is 0 Å². The molecular weight excluding hydrogens is 344 g/mol. The largest absolute Gasteiger partial charge is 0.341 e. The van der Waals surface area contributed by atoms with Gasteiger partial charge in [-0.2, -0.15) is 0 Å². The van der Waals surface area contributed by atoms with Crippen LogP contribution in [0.3, 0.4) is 0 Å². The quantitative estimate of drug-likeness (QED) is 0.738. The maximum atomic E-state index is 12.4. The third-order valence-electron chi connectivity index (χ3n) is 4.59. The Bertz CT molecular complexity index is 1000. The zero-order valence-corrected chi connectivity index (χ0v) is 15.1. The Kier molecular flexibility index (Phi) is 4.39. The second kappa shape index (κ2) is 6.84. The number of aryl methyl sites for hydroxylation is 1. The second-order valence-electron chi connectivity index (χ2n) is 6.35. The Hall–Kier alpha value is -2.79. The van der Waals surface area contributed by atoms with Crippen LogP contribution in [-0.4, -0.2) is 15.0 Å². The molecule has 0 unspecified atom stereocenters. The maximum absolute atomic E-state index is 12.4. The summed E-state index contributed by atoms with van der Waals surface area (Å²) in [4.78, 5) is 2.54. The molecule has 132 valence electrons. The van der Waals surface area contributed by atoms with Gasteiger partial charge in [-0.3, -0.25) is 4.72 Å². The van der Waals surface area contributed by atoms with Crippen molar-refractivity contribution in [3.63, 3.8) is 0 Å². The van der Waals surface area contributed by atoms with Crippen molar-refractivity contribution in [1.29, 1.82) is 0 Å². The van der Waals surface area contributed by atoms with E-state index in [4.69, 9.17) is 0 Å². The van der Waals surface area contributed by atoms with Crippen LogP contribution in [0.1, 0.15) is 12.0 Å². The number of para-hydroxylation sites is 1. The maximum Gasteiger partial charge on any atom is 0.261 e. The fraction of sp³-hybridized carbons (Fsp3) is 0.143. The summed E-state index contributed by atoms with van der Waals surface area (Å²) in [5.41, 5.74) is 4.21. The van der Waals surface area contributed by atoms with Crippen LogP contribution < -0.4 is 9.62 Å². The highest BCUT2D eigenvalue weighted by molar-refractivity contribution is 7.92. The molecule has 0 aromatic heterocycles. The molecule has 26 heavy (non-hydrogen) atoms. The van der Waals surface area contributed by atoms with Gasteiger partial charge >= 0.3 is 0 Å². The van der Waals surface area contributed by atoms with E-state index < -0.39 is 10.0 Å². The molecule has 4 rings (SSSR count). The number of fused-ring (bicyclic) bond motifs is 1. The van der Waals surface area contributed by atoms with Crippen LogP contribution in [-0.2, 0) is 16.4 Å². The van der Waals surface area contributed by atoms with Gasteiger partial charge in [-0.25, -0.2) is 8.42 Å². The van der Waals surface area contributed by atoms with Crippen molar-refractivity contribution < 1.29 is 8.42 Å². The van der Waals surface area contributed by atoms with Gasteiger partial charge in [0.2, 0.25) is 0 Å². The smallest absolute Gasteiger partial charge is 0.261 e. The van der Waals surface area contributed by atoms with Crippen molar-refractivity contribution in [2.45, 2.75) is 17.7 Å². The normalized spacial score (nSPS) is 13.9. The van der Waals surface area contributed by atoms with Gasteiger partial charge in [0.25, 0.3) is 10.0 Å². The first-order valence-corrected chi connectivity index (χ1v) is 10.2. The minimum Gasteiger partial charge on any atom is -0.341 e. The minimum absolute atomic E-state index is 0.258. The van der Waals surface area contributed by atoms with E-state index in [1.165, 1.54) is 11.3 Å². The first kappa shape index (κ1) is 16.7. The van der Waals surface area contributed by atoms with Crippen molar-refractivity contribution in [2.75, 3.05) is 16.2 Å². The van der Waals surface area contributed by atoms with Crippen LogP contribution in [0.25, 0.3) is 0 Å². The molecular formula is C21H20N2O2S. The summed E-state index contributed by atoms with van der Waals surface area (Å²) in [5.74, 6) is 0. The van der Waals surface area contributed by atoms with Crippen LogP contribution in [0.4, 0.5) is 17.1 Å². The van der Waals surface area contributed by atoms with Gasteiger partial charge in [-0.05, 0) is 60.9 Å². The van der Waals surface area contributed by atoms with Gasteiger partial charge in [-0.1, -0.05) is 36.4 Å². The number of nitrogens with zero attached hydrogens (tertiary/aromatic N) is 1. The molecule has 0 amide bonds. The lowest BCUT2D eigenvalue weighted by Gasteiger charge is -2.31. The van der Waals surface area contributed by atoms with E-state index in [1.807, 2.05) is 24.3 Å². The zero-order valence-electron chi connectivity index (χ0n) is 14.3. The molecule has 3 aromatic carbocycles. The molecule has 4 nitrogen and oxygen atoms in total. The third kappa shape index (κ3) is 3.30. The molecule has 0 bridgehead atoms. The van der Waals surface area contributed by atoms with Gasteiger partial charge in [-0.15, -0.1) is 0 Å². The highest BCUT2D eigenvalue weighted by atomic mass is 32.2. The average molecular weight is 364 g/mol. The third-order valence-corrected chi connectivity index (χ3v) is 5.99. The number of hydrogen-bond acceptors (Lipinski definition) is 3. The van der Waals surface area contributed by atoms with Crippen molar-refractivity contribution in [3.8, 4) is 0 Å². The first-order chi connectivity index (χ1) is 12.6. The number of sulfonamides is 1. The van der Waals surface area contributed by atoms with Crippen LogP contribution in [0.15, 0.2) is 83.8 Å². The van der Waals surface area contributed by atoms with Crippen LogP contribution in [0.2, 0.25) is 0 Å². The van der Waals surface area contributed by atoms with E-state index in [2.05, 4.69) is 33.9 Å². The van der Waals surface area contributed by atoms with Crippen molar-refractivity contribution in [1.82, 2.24) is 0 Å². The lowest BCUT2D eigenvalue weighted by molar-refractivity contribution is 0.601. The summed E-state index contributed by atoms with van der Waals surface area (Å²) in [7, 11) is -3.56. The Morgan fingerprint density at radius 1 is 0.808 bits per heavy atom. The predicted molar refractivity (Wildman–Crippen MR) is 105 cm³/mol. The van der Waals surface area contributed by atoms with Gasteiger partial charge in [0, 0.05) is 23.6 Å². The Balaban J connectivity index is 1.57. The van der Waals surface area contributed by atoms with Gasteiger partial charge in [0.05, 0.1) is 4.90 Å². The lowest BCUT2D eigenvalue weighted by atomic mass is 10.0. The van der Waals surface area contributed by atoms with E-state index in [0.717, 1.165) is 25.1 Å². The molecule has 0 radical (unpaired) electrons. The van der Waals surface area contributed by atoms with Gasteiger partial charge in [0.15, 0.2) is 0 Å². The first-order valence-electron chi connectivity index (χ1n) is 8.67. The van der Waals surface area contributed by atoms with E-state index in [-0.39, 0.29) is 4.90 Å². The average Bonchev–Trinajstić information content (AvgIpc) is 2.69. The van der Waals surface area contributed by atoms with E-state index in [1.54, 1.807) is 30.3 Å². The molecule has 0 spiro atoms. The summed E-state index contributed by atoms with van der Waals surface area (Å²) in [6, 6.07) is 24.4. The minimum atomic E-state index is -3.56. The predicted octanol–water partition coefficient (Wildman–Crippen LogP) is 4.57. The van der Waals surface area contributed by atoms with Gasteiger partial charge < -0.3 is 4.90 Å². The molecule has 0 aliphatic carbocycles. The summed E-state index contributed by atoms with van der Waals surface area (Å²) in [6.07, 6.45) is 2.21. The molecule has 1 N–H and O–H groups in total. The summed E-state index contributed by atoms with van der Waals surface area (Å²) in [6.45, 7) is 0.964. The van der Waals surface area contributed by atoms with Crippen molar-refractivity contribution in [2.24, 2.45) is 0 Å². The summed E-state index contributed by atoms with van der Waals surface area (Å²) < 4.78 is 27.5. The molecule has 5 heteroatoms. The Morgan fingerprint density at radius 2 is 1.50 bits per heavy atom. The topological polar surface area (TPSA) is 49.4 Å². The Labute approximate surface area is 154 Å². The fourth-order valence-electron chi connectivity index (χ4n) is 3.32. The fourth-order valence-corrected chi connectivity index (χ4v) is 4.40. The van der Waals surface area contributed by atoms with E-state index >= 15 is 0 Å². The monoisotopic (exact) mass is 364 g/mol. The highest BCUT2D eigenvalue weighted by Gasteiger charge is 2.18. The molecule has 1 aliphatic rings. The lowest BCUT2D eigenvalue weighted by Crippen LogP contribution is -2.24. The molecule has 3 aromatic rings. The molecule has 0 saturated carbocycles. The van der Waals surface area contributed by atoms with Crippen LogP contribution >= 0.6 is 0 Å². The number of hydrogen-bond donors (Lipinski definition) is 1. The summed E-state index contributed by atoms with van der Waals surface area (Å²) >= 11 is 0. The molecule has 1 heterocycles. The van der Waals surface area contributed by atoms with Crippen molar-refractivity contribution >= 4 is 27.1 Å². The SMILES string of the molecule is O=S(=O)(Nc1ccc(N2CCCc3ccccc32)cc1)c1ccccc1. The van der Waals surface area contributed by atoms with Crippen LogP contribution in [0.5, 0.6) is 0 Å². The number of anilines is 3. The van der Waals surface area contributed by atoms with Crippen molar-refractivity contribution in [3.05, 3.63) is 84.4 Å². The molecule has 0 atom stereocenters. The number of rotatable bonds is 4. The standard InChI is InChI=1S/C21H20N2O2S/c24-26(25,20-9-2-1-3-10-20)22-18-12-14-19(15-13-18)23-16-6-8-17-7-4-5-11-21(17)23/h1-5,7,9-15,22H,6,8,16H2. The zero-order chi connectivity index (χ0) is 18.0. The Morgan fingerprint density at radius 3 is 2.27 bits per heavy atom. The number of nitrogens with one attached hydrogen (secondary N) is 1.